The van der Waals surface area contributed by atoms with Gasteiger partial charge in [-0.2, -0.15) is 0 Å². The molecule has 100 valence electrons. The fraction of sp³-hybridized carbons (Fsp3) is 0. The highest BCUT2D eigenvalue weighted by atomic mass is 79.9. The molecule has 2 heterocycles. The van der Waals surface area contributed by atoms with Gasteiger partial charge in [0.05, 0.1) is 0 Å². The summed E-state index contributed by atoms with van der Waals surface area (Å²) >= 11 is 4.89. The summed E-state index contributed by atoms with van der Waals surface area (Å²) in [6, 6.07) is 9.36. The molecule has 0 aliphatic carbocycles. The van der Waals surface area contributed by atoms with Crippen LogP contribution in [0.2, 0.25) is 0 Å². The quantitative estimate of drug-likeness (QED) is 0.747. The molecule has 0 saturated carbocycles. The Bertz CT molecular complexity index is 719. The molecule has 3 rings (SSSR count). The van der Waals surface area contributed by atoms with Gasteiger partial charge in [-0.15, -0.1) is 11.3 Å². The zero-order chi connectivity index (χ0) is 13.9. The Hall–Kier alpha value is -1.92. The number of aromatic amines is 1. The van der Waals surface area contributed by atoms with Crippen molar-refractivity contribution in [3.63, 3.8) is 0 Å². The van der Waals surface area contributed by atoms with Gasteiger partial charge in [0.1, 0.15) is 10.7 Å². The highest BCUT2D eigenvalue weighted by molar-refractivity contribution is 9.10. The Kier molecular flexibility index (Phi) is 3.66. The van der Waals surface area contributed by atoms with E-state index >= 15 is 0 Å². The van der Waals surface area contributed by atoms with Gasteiger partial charge in [0.15, 0.2) is 0 Å². The third-order valence-corrected chi connectivity index (χ3v) is 3.99. The number of thiazole rings is 1. The van der Waals surface area contributed by atoms with Crippen LogP contribution in [0.1, 0.15) is 10.5 Å². The molecule has 20 heavy (non-hydrogen) atoms. The number of anilines is 1. The molecule has 2 aromatic heterocycles. The molecule has 0 unspecified atom stereocenters. The minimum atomic E-state index is -0.169. The van der Waals surface area contributed by atoms with E-state index in [0.717, 1.165) is 20.7 Å². The van der Waals surface area contributed by atoms with Crippen molar-refractivity contribution in [1.82, 2.24) is 9.97 Å². The average Bonchev–Trinajstić information content (AvgIpc) is 3.10. The van der Waals surface area contributed by atoms with Gasteiger partial charge in [-0.3, -0.25) is 4.79 Å². The van der Waals surface area contributed by atoms with E-state index in [2.05, 4.69) is 31.2 Å². The first-order valence-corrected chi connectivity index (χ1v) is 7.55. The SMILES string of the molecule is O=C(Nc1ccc(-c2nccs2)cc1)c1cc(Br)c[nH]1. The predicted octanol–water partition coefficient (Wildman–Crippen LogP) is 4.15. The first-order valence-electron chi connectivity index (χ1n) is 5.87. The maximum Gasteiger partial charge on any atom is 0.272 e. The lowest BCUT2D eigenvalue weighted by atomic mass is 10.2. The molecular formula is C14H10BrN3OS. The Balaban J connectivity index is 1.74. The smallest absolute Gasteiger partial charge is 0.272 e. The molecule has 2 N–H and O–H groups in total. The normalized spacial score (nSPS) is 10.4. The van der Waals surface area contributed by atoms with Crippen molar-refractivity contribution in [2.75, 3.05) is 5.32 Å². The summed E-state index contributed by atoms with van der Waals surface area (Å²) in [5, 5.41) is 5.74. The lowest BCUT2D eigenvalue weighted by molar-refractivity contribution is 0.102. The molecule has 0 aliphatic heterocycles. The number of rotatable bonds is 3. The van der Waals surface area contributed by atoms with Crippen LogP contribution in [0.5, 0.6) is 0 Å². The third kappa shape index (κ3) is 2.81. The van der Waals surface area contributed by atoms with Crippen molar-refractivity contribution in [2.45, 2.75) is 0 Å². The average molecular weight is 348 g/mol. The number of halogens is 1. The van der Waals surface area contributed by atoms with Crippen LogP contribution in [-0.4, -0.2) is 15.9 Å². The number of hydrogen-bond acceptors (Lipinski definition) is 3. The number of hydrogen-bond donors (Lipinski definition) is 2. The van der Waals surface area contributed by atoms with Gasteiger partial charge in [-0.25, -0.2) is 4.98 Å². The lowest BCUT2D eigenvalue weighted by Gasteiger charge is -2.04. The standard InChI is InChI=1S/C14H10BrN3OS/c15-10-7-12(17-8-10)13(19)18-11-3-1-9(2-4-11)14-16-5-6-20-14/h1-8,17H,(H,18,19). The number of aromatic nitrogens is 2. The van der Waals surface area contributed by atoms with Gasteiger partial charge in [0.25, 0.3) is 5.91 Å². The summed E-state index contributed by atoms with van der Waals surface area (Å²) < 4.78 is 0.849. The van der Waals surface area contributed by atoms with Crippen LogP contribution >= 0.6 is 27.3 Å². The Morgan fingerprint density at radius 1 is 1.30 bits per heavy atom. The number of carbonyl (C=O) groups excluding carboxylic acids is 1. The summed E-state index contributed by atoms with van der Waals surface area (Å²) in [4.78, 5) is 19.1. The van der Waals surface area contributed by atoms with Gasteiger partial charge in [-0.05, 0) is 46.3 Å². The number of nitrogens with one attached hydrogen (secondary N) is 2. The first-order chi connectivity index (χ1) is 9.72. The number of benzene rings is 1. The van der Waals surface area contributed by atoms with E-state index < -0.39 is 0 Å². The maximum atomic E-state index is 12.0. The topological polar surface area (TPSA) is 57.8 Å². The predicted molar refractivity (Wildman–Crippen MR) is 84.0 cm³/mol. The summed E-state index contributed by atoms with van der Waals surface area (Å²) in [5.74, 6) is -0.169. The summed E-state index contributed by atoms with van der Waals surface area (Å²) in [6.07, 6.45) is 3.50. The zero-order valence-electron chi connectivity index (χ0n) is 10.3. The molecule has 0 fully saturated rings. The van der Waals surface area contributed by atoms with E-state index in [1.807, 2.05) is 29.6 Å². The second-order valence-electron chi connectivity index (χ2n) is 4.10. The number of carbonyl (C=O) groups is 1. The first kappa shape index (κ1) is 13.1. The van der Waals surface area contributed by atoms with E-state index in [1.165, 1.54) is 0 Å². The van der Waals surface area contributed by atoms with E-state index in [-0.39, 0.29) is 5.91 Å². The molecule has 0 atom stereocenters. The van der Waals surface area contributed by atoms with Gasteiger partial charge >= 0.3 is 0 Å². The van der Waals surface area contributed by atoms with Crippen molar-refractivity contribution >= 4 is 38.9 Å². The molecule has 4 nitrogen and oxygen atoms in total. The lowest BCUT2D eigenvalue weighted by Crippen LogP contribution is -2.11. The van der Waals surface area contributed by atoms with Crippen LogP contribution in [0.3, 0.4) is 0 Å². The van der Waals surface area contributed by atoms with Crippen LogP contribution in [0.25, 0.3) is 10.6 Å². The minimum Gasteiger partial charge on any atom is -0.356 e. The highest BCUT2D eigenvalue weighted by Crippen LogP contribution is 2.23. The van der Waals surface area contributed by atoms with E-state index in [9.17, 15) is 4.79 Å². The number of H-pyrrole nitrogens is 1. The zero-order valence-corrected chi connectivity index (χ0v) is 12.7. The Labute approximate surface area is 128 Å². The molecule has 6 heteroatoms. The van der Waals surface area contributed by atoms with E-state index in [4.69, 9.17) is 0 Å². The third-order valence-electron chi connectivity index (χ3n) is 2.71. The molecule has 0 bridgehead atoms. The van der Waals surface area contributed by atoms with Crippen molar-refractivity contribution in [3.8, 4) is 10.6 Å². The molecule has 1 amide bonds. The van der Waals surface area contributed by atoms with Crippen molar-refractivity contribution in [1.29, 1.82) is 0 Å². The van der Waals surface area contributed by atoms with Crippen LogP contribution in [-0.2, 0) is 0 Å². The van der Waals surface area contributed by atoms with Crippen LogP contribution in [0.15, 0.2) is 52.6 Å². The second-order valence-corrected chi connectivity index (χ2v) is 5.91. The van der Waals surface area contributed by atoms with E-state index in [0.29, 0.717) is 5.69 Å². The molecule has 0 spiro atoms. The summed E-state index contributed by atoms with van der Waals surface area (Å²) in [5.41, 5.74) is 2.31. The molecule has 1 aromatic carbocycles. The maximum absolute atomic E-state index is 12.0. The van der Waals surface area contributed by atoms with Crippen LogP contribution in [0.4, 0.5) is 5.69 Å². The molecule has 0 saturated heterocycles. The fourth-order valence-corrected chi connectivity index (χ4v) is 2.75. The van der Waals surface area contributed by atoms with Crippen molar-refractivity contribution < 1.29 is 4.79 Å². The van der Waals surface area contributed by atoms with Gasteiger partial charge in [-0.1, -0.05) is 0 Å². The molecule has 0 radical (unpaired) electrons. The minimum absolute atomic E-state index is 0.169. The molecule has 0 aliphatic rings. The molecular weight excluding hydrogens is 338 g/mol. The number of amides is 1. The molecule has 3 aromatic rings. The van der Waals surface area contributed by atoms with Crippen molar-refractivity contribution in [3.05, 3.63) is 58.3 Å². The Morgan fingerprint density at radius 3 is 2.70 bits per heavy atom. The Morgan fingerprint density at radius 2 is 2.10 bits per heavy atom. The van der Waals surface area contributed by atoms with Crippen LogP contribution in [0, 0.1) is 0 Å². The van der Waals surface area contributed by atoms with Gasteiger partial charge in [0.2, 0.25) is 0 Å². The fourth-order valence-electron chi connectivity index (χ4n) is 1.76. The van der Waals surface area contributed by atoms with Gasteiger partial charge < -0.3 is 10.3 Å². The highest BCUT2D eigenvalue weighted by Gasteiger charge is 2.08. The van der Waals surface area contributed by atoms with Crippen molar-refractivity contribution in [2.24, 2.45) is 0 Å². The second kappa shape index (κ2) is 5.60. The summed E-state index contributed by atoms with van der Waals surface area (Å²) in [7, 11) is 0. The van der Waals surface area contributed by atoms with Crippen LogP contribution < -0.4 is 5.32 Å². The largest absolute Gasteiger partial charge is 0.356 e. The number of nitrogens with zero attached hydrogens (tertiary/aromatic N) is 1. The summed E-state index contributed by atoms with van der Waals surface area (Å²) in [6.45, 7) is 0. The van der Waals surface area contributed by atoms with Gasteiger partial charge in [0, 0.05) is 33.5 Å². The monoisotopic (exact) mass is 347 g/mol. The van der Waals surface area contributed by atoms with E-state index in [1.54, 1.807) is 29.8 Å².